The van der Waals surface area contributed by atoms with E-state index in [0.29, 0.717) is 16.1 Å². The smallest absolute Gasteiger partial charge is 0.412 e. The molecule has 17 heavy (non-hydrogen) atoms. The highest BCUT2D eigenvalue weighted by Crippen LogP contribution is 2.21. The van der Waals surface area contributed by atoms with Crippen molar-refractivity contribution in [1.82, 2.24) is 0 Å². The second-order valence-electron chi connectivity index (χ2n) is 4.47. The number of anilines is 1. The summed E-state index contributed by atoms with van der Waals surface area (Å²) in [6.45, 7) is 5.33. The minimum absolute atomic E-state index is 0.453. The van der Waals surface area contributed by atoms with E-state index in [1.807, 2.05) is 6.07 Å². The van der Waals surface area contributed by atoms with Crippen molar-refractivity contribution < 1.29 is 9.53 Å². The van der Waals surface area contributed by atoms with Crippen LogP contribution in [0.3, 0.4) is 0 Å². The van der Waals surface area contributed by atoms with Crippen LogP contribution in [-0.4, -0.2) is 11.7 Å². The second kappa shape index (κ2) is 5.11. The van der Waals surface area contributed by atoms with Gasteiger partial charge in [-0.3, -0.25) is 5.32 Å². The van der Waals surface area contributed by atoms with E-state index in [9.17, 15) is 4.79 Å². The molecule has 0 aromatic heterocycles. The van der Waals surface area contributed by atoms with Crippen LogP contribution in [0.5, 0.6) is 0 Å². The molecule has 0 fully saturated rings. The number of amides is 1. The van der Waals surface area contributed by atoms with Gasteiger partial charge in [0.25, 0.3) is 0 Å². The normalized spacial score (nSPS) is 10.5. The van der Waals surface area contributed by atoms with Gasteiger partial charge in [0.05, 0.1) is 17.3 Å². The summed E-state index contributed by atoms with van der Waals surface area (Å²) >= 11 is 4.19. The topological polar surface area (TPSA) is 62.1 Å². The van der Waals surface area contributed by atoms with Crippen molar-refractivity contribution >= 4 is 24.4 Å². The Morgan fingerprint density at radius 2 is 2.12 bits per heavy atom. The summed E-state index contributed by atoms with van der Waals surface area (Å²) in [5.41, 5.74) is 0.351. The number of nitriles is 1. The lowest BCUT2D eigenvalue weighted by Gasteiger charge is -2.20. The van der Waals surface area contributed by atoms with Gasteiger partial charge in [0.2, 0.25) is 0 Å². The number of nitrogens with zero attached hydrogens (tertiary/aromatic N) is 1. The summed E-state index contributed by atoms with van der Waals surface area (Å²) in [6, 6.07) is 6.81. The van der Waals surface area contributed by atoms with Crippen LogP contribution in [0.1, 0.15) is 26.3 Å². The van der Waals surface area contributed by atoms with Gasteiger partial charge in [-0.15, -0.1) is 12.6 Å². The highest BCUT2D eigenvalue weighted by molar-refractivity contribution is 7.80. The minimum atomic E-state index is -0.567. The Labute approximate surface area is 106 Å². The number of rotatable bonds is 1. The summed E-state index contributed by atoms with van der Waals surface area (Å²) in [7, 11) is 0. The van der Waals surface area contributed by atoms with E-state index in [-0.39, 0.29) is 0 Å². The van der Waals surface area contributed by atoms with Crippen molar-refractivity contribution in [2.24, 2.45) is 0 Å². The van der Waals surface area contributed by atoms with Gasteiger partial charge in [-0.05, 0) is 39.0 Å². The number of carbonyl (C=O) groups is 1. The lowest BCUT2D eigenvalue weighted by Crippen LogP contribution is -2.27. The van der Waals surface area contributed by atoms with Gasteiger partial charge in [0.15, 0.2) is 0 Å². The minimum Gasteiger partial charge on any atom is -0.444 e. The van der Waals surface area contributed by atoms with Crippen LogP contribution in [0.4, 0.5) is 10.5 Å². The Morgan fingerprint density at radius 3 is 2.65 bits per heavy atom. The molecule has 0 spiro atoms. The number of nitrogens with one attached hydrogen (secondary N) is 1. The number of benzene rings is 1. The van der Waals surface area contributed by atoms with Crippen LogP contribution >= 0.6 is 12.6 Å². The van der Waals surface area contributed by atoms with Gasteiger partial charge in [0, 0.05) is 4.90 Å². The molecule has 1 aromatic carbocycles. The molecule has 0 aliphatic carbocycles. The third kappa shape index (κ3) is 4.37. The lowest BCUT2D eigenvalue weighted by molar-refractivity contribution is 0.0635. The molecule has 1 rings (SSSR count). The summed E-state index contributed by atoms with van der Waals surface area (Å²) in [5.74, 6) is 0. The maximum atomic E-state index is 11.5. The standard InChI is InChI=1S/C12H14N2O2S/c1-12(2,3)16-11(15)14-9-6-8(7-13)4-5-10(9)17/h4-6,17H,1-3H3,(H,14,15). The SMILES string of the molecule is CC(C)(C)OC(=O)Nc1cc(C#N)ccc1S. The van der Waals surface area contributed by atoms with E-state index in [0.717, 1.165) is 0 Å². The van der Waals surface area contributed by atoms with Gasteiger partial charge in [-0.2, -0.15) is 5.26 Å². The molecule has 1 N–H and O–H groups in total. The fourth-order valence-electron chi connectivity index (χ4n) is 1.12. The van der Waals surface area contributed by atoms with Gasteiger partial charge < -0.3 is 4.74 Å². The van der Waals surface area contributed by atoms with E-state index in [1.165, 1.54) is 0 Å². The summed E-state index contributed by atoms with van der Waals surface area (Å²) in [5, 5.41) is 11.3. The van der Waals surface area contributed by atoms with Crippen molar-refractivity contribution in [2.75, 3.05) is 5.32 Å². The predicted octanol–water partition coefficient (Wildman–Crippen LogP) is 3.19. The van der Waals surface area contributed by atoms with Crippen molar-refractivity contribution in [1.29, 1.82) is 5.26 Å². The van der Waals surface area contributed by atoms with Gasteiger partial charge in [-0.1, -0.05) is 0 Å². The monoisotopic (exact) mass is 250 g/mol. The van der Waals surface area contributed by atoms with Crippen LogP contribution in [0.2, 0.25) is 0 Å². The Balaban J connectivity index is 2.82. The van der Waals surface area contributed by atoms with E-state index in [4.69, 9.17) is 10.00 Å². The molecule has 0 bridgehead atoms. The molecule has 0 saturated carbocycles. The molecular weight excluding hydrogens is 236 g/mol. The zero-order valence-corrected chi connectivity index (χ0v) is 10.8. The molecule has 4 nitrogen and oxygen atoms in total. The van der Waals surface area contributed by atoms with Crippen molar-refractivity contribution in [3.63, 3.8) is 0 Å². The van der Waals surface area contributed by atoms with Gasteiger partial charge >= 0.3 is 6.09 Å². The maximum Gasteiger partial charge on any atom is 0.412 e. The largest absolute Gasteiger partial charge is 0.444 e. The highest BCUT2D eigenvalue weighted by atomic mass is 32.1. The van der Waals surface area contributed by atoms with E-state index < -0.39 is 11.7 Å². The number of carbonyl (C=O) groups excluding carboxylic acids is 1. The molecule has 1 amide bonds. The maximum absolute atomic E-state index is 11.5. The average molecular weight is 250 g/mol. The second-order valence-corrected chi connectivity index (χ2v) is 4.95. The zero-order valence-electron chi connectivity index (χ0n) is 9.94. The highest BCUT2D eigenvalue weighted by Gasteiger charge is 2.16. The molecule has 5 heteroatoms. The zero-order chi connectivity index (χ0) is 13.1. The van der Waals surface area contributed by atoms with E-state index in [2.05, 4.69) is 17.9 Å². The number of thiol groups is 1. The van der Waals surface area contributed by atoms with Gasteiger partial charge in [0.1, 0.15) is 5.60 Å². The first-order valence-electron chi connectivity index (χ1n) is 5.05. The Hall–Kier alpha value is -1.67. The van der Waals surface area contributed by atoms with Crippen molar-refractivity contribution in [3.8, 4) is 6.07 Å². The van der Waals surface area contributed by atoms with Crippen molar-refractivity contribution in [2.45, 2.75) is 31.3 Å². The average Bonchev–Trinajstić information content (AvgIpc) is 2.18. The third-order valence-corrected chi connectivity index (χ3v) is 2.15. The van der Waals surface area contributed by atoms with Crippen LogP contribution < -0.4 is 5.32 Å². The first-order chi connectivity index (χ1) is 7.81. The molecule has 0 atom stereocenters. The molecule has 1 aromatic rings. The molecule has 0 unspecified atom stereocenters. The van der Waals surface area contributed by atoms with Crippen LogP contribution in [0.25, 0.3) is 0 Å². The summed E-state index contributed by atoms with van der Waals surface area (Å²) in [6.07, 6.45) is -0.567. The Bertz CT molecular complexity index is 472. The van der Waals surface area contributed by atoms with Crippen molar-refractivity contribution in [3.05, 3.63) is 23.8 Å². The summed E-state index contributed by atoms with van der Waals surface area (Å²) in [4.78, 5) is 12.1. The lowest BCUT2D eigenvalue weighted by atomic mass is 10.2. The molecule has 0 aliphatic heterocycles. The number of hydrogen-bond donors (Lipinski definition) is 2. The number of hydrogen-bond acceptors (Lipinski definition) is 4. The number of ether oxygens (including phenoxy) is 1. The summed E-state index contributed by atoms with van der Waals surface area (Å²) < 4.78 is 5.10. The van der Waals surface area contributed by atoms with Gasteiger partial charge in [-0.25, -0.2) is 4.79 Å². The molecular formula is C12H14N2O2S. The predicted molar refractivity (Wildman–Crippen MR) is 68.3 cm³/mol. The third-order valence-electron chi connectivity index (χ3n) is 1.76. The molecule has 0 heterocycles. The molecule has 0 saturated heterocycles. The molecule has 0 aliphatic rings. The first-order valence-corrected chi connectivity index (χ1v) is 5.49. The quantitative estimate of drug-likeness (QED) is 0.752. The fraction of sp³-hybridized carbons (Fsp3) is 0.333. The van der Waals surface area contributed by atoms with Crippen LogP contribution in [0.15, 0.2) is 23.1 Å². The fourth-order valence-corrected chi connectivity index (χ4v) is 1.31. The first kappa shape index (κ1) is 13.4. The van der Waals surface area contributed by atoms with E-state index >= 15 is 0 Å². The Kier molecular flexibility index (Phi) is 4.02. The Morgan fingerprint density at radius 1 is 1.47 bits per heavy atom. The van der Waals surface area contributed by atoms with E-state index in [1.54, 1.807) is 39.0 Å². The molecule has 0 radical (unpaired) electrons. The van der Waals surface area contributed by atoms with Crippen LogP contribution in [0, 0.1) is 11.3 Å². The molecule has 90 valence electrons. The van der Waals surface area contributed by atoms with Crippen LogP contribution in [-0.2, 0) is 4.74 Å².